The van der Waals surface area contributed by atoms with E-state index in [1.54, 1.807) is 31.2 Å². The van der Waals surface area contributed by atoms with Gasteiger partial charge in [0.05, 0.1) is 6.54 Å². The Morgan fingerprint density at radius 3 is 2.53 bits per heavy atom. The third kappa shape index (κ3) is 3.68. The fraction of sp³-hybridized carbons (Fsp3) is 0.280. The van der Waals surface area contributed by atoms with Crippen molar-refractivity contribution in [1.82, 2.24) is 10.2 Å². The van der Waals surface area contributed by atoms with E-state index >= 15 is 0 Å². The summed E-state index contributed by atoms with van der Waals surface area (Å²) in [6.45, 7) is 1.31. The molecule has 1 aromatic heterocycles. The number of benzene rings is 2. The number of primary amides is 1. The van der Waals surface area contributed by atoms with Crippen LogP contribution in [-0.2, 0) is 34.5 Å². The van der Waals surface area contributed by atoms with Gasteiger partial charge in [0.2, 0.25) is 0 Å². The van der Waals surface area contributed by atoms with Crippen molar-refractivity contribution in [1.29, 1.82) is 0 Å². The van der Waals surface area contributed by atoms with Crippen LogP contribution >= 0.6 is 0 Å². The number of carbonyl (C=O) groups excluding carboxylic acids is 3. The Hall–Kier alpha value is -4.14. The molecule has 0 bridgehead atoms. The fourth-order valence-corrected chi connectivity index (χ4v) is 4.67. The number of carbonyl (C=O) groups is 3. The minimum absolute atomic E-state index is 0.0546. The molecule has 5 rings (SSSR count). The number of nitrogens with two attached hydrogens (primary N) is 1. The maximum absolute atomic E-state index is 13.4. The predicted octanol–water partition coefficient (Wildman–Crippen LogP) is 2.11. The molecule has 1 saturated heterocycles. The zero-order chi connectivity index (χ0) is 24.0. The molecule has 1 atom stereocenters. The molecule has 3 aromatic rings. The van der Waals surface area contributed by atoms with Gasteiger partial charge in [-0.3, -0.25) is 14.5 Å². The number of nitrogens with one attached hydrogen (secondary N) is 1. The van der Waals surface area contributed by atoms with Crippen LogP contribution < -0.4 is 21.4 Å². The van der Waals surface area contributed by atoms with Crippen LogP contribution in [-0.4, -0.2) is 29.4 Å². The van der Waals surface area contributed by atoms with Gasteiger partial charge in [-0.05, 0) is 72.7 Å². The van der Waals surface area contributed by atoms with Crippen molar-refractivity contribution in [3.63, 3.8) is 0 Å². The average molecular weight is 461 g/mol. The van der Waals surface area contributed by atoms with Crippen LogP contribution in [0.5, 0.6) is 5.75 Å². The number of imide groups is 1. The molecule has 4 amide bonds. The molecule has 0 spiro atoms. The molecule has 9 nitrogen and oxygen atoms in total. The molecule has 0 saturated carbocycles. The average Bonchev–Trinajstić information content (AvgIpc) is 3.34. The molecule has 2 aliphatic rings. The van der Waals surface area contributed by atoms with E-state index < -0.39 is 29.0 Å². The highest BCUT2D eigenvalue weighted by Gasteiger charge is 2.49. The minimum atomic E-state index is -1.30. The van der Waals surface area contributed by atoms with Crippen LogP contribution in [0.2, 0.25) is 0 Å². The van der Waals surface area contributed by atoms with E-state index in [1.165, 1.54) is 17.2 Å². The number of amides is 4. The van der Waals surface area contributed by atoms with Crippen LogP contribution in [0.1, 0.15) is 35.6 Å². The molecule has 0 radical (unpaired) electrons. The molecule has 2 aromatic carbocycles. The largest absolute Gasteiger partial charge is 0.484 e. The Bertz CT molecular complexity index is 1390. The first-order valence-corrected chi connectivity index (χ1v) is 11.0. The summed E-state index contributed by atoms with van der Waals surface area (Å²) in [5.74, 6) is -0.627. The lowest BCUT2D eigenvalue weighted by molar-refractivity contribution is -0.131. The summed E-state index contributed by atoms with van der Waals surface area (Å²) in [6.07, 6.45) is 2.93. The quantitative estimate of drug-likeness (QED) is 0.427. The van der Waals surface area contributed by atoms with Gasteiger partial charge in [-0.2, -0.15) is 0 Å². The first-order valence-electron chi connectivity index (χ1n) is 11.0. The lowest BCUT2D eigenvalue weighted by atomic mass is 9.92. The molecule has 0 unspecified atom stereocenters. The van der Waals surface area contributed by atoms with Gasteiger partial charge in [0.15, 0.2) is 6.61 Å². The van der Waals surface area contributed by atoms with Gasteiger partial charge in [0.1, 0.15) is 16.9 Å². The van der Waals surface area contributed by atoms with Gasteiger partial charge in [0.25, 0.3) is 11.8 Å². The predicted molar refractivity (Wildman–Crippen MR) is 122 cm³/mol. The highest BCUT2D eigenvalue weighted by molar-refractivity contribution is 6.07. The summed E-state index contributed by atoms with van der Waals surface area (Å²) in [7, 11) is 0. The second kappa shape index (κ2) is 8.02. The van der Waals surface area contributed by atoms with Gasteiger partial charge in [0, 0.05) is 11.5 Å². The summed E-state index contributed by atoms with van der Waals surface area (Å²) < 4.78 is 10.7. The lowest BCUT2D eigenvalue weighted by Gasteiger charge is -2.22. The Balaban J connectivity index is 1.43. The van der Waals surface area contributed by atoms with E-state index in [1.807, 2.05) is 12.1 Å². The van der Waals surface area contributed by atoms with Crippen molar-refractivity contribution < 1.29 is 23.5 Å². The zero-order valence-corrected chi connectivity index (χ0v) is 18.6. The summed E-state index contributed by atoms with van der Waals surface area (Å²) in [4.78, 5) is 50.5. The highest BCUT2D eigenvalue weighted by atomic mass is 16.5. The molecule has 9 heteroatoms. The van der Waals surface area contributed by atoms with Gasteiger partial charge < -0.3 is 20.2 Å². The van der Waals surface area contributed by atoms with Gasteiger partial charge in [-0.1, -0.05) is 12.1 Å². The topological polar surface area (TPSA) is 132 Å². The van der Waals surface area contributed by atoms with Crippen LogP contribution in [0, 0.1) is 0 Å². The van der Waals surface area contributed by atoms with Crippen molar-refractivity contribution in [3.05, 3.63) is 75.1 Å². The second-order valence-corrected chi connectivity index (χ2v) is 8.79. The summed E-state index contributed by atoms with van der Waals surface area (Å²) in [6, 6.07) is 11.2. The molecule has 174 valence electrons. The van der Waals surface area contributed by atoms with Gasteiger partial charge in [-0.25, -0.2) is 9.59 Å². The Morgan fingerprint density at radius 2 is 1.82 bits per heavy atom. The van der Waals surface area contributed by atoms with E-state index in [0.717, 1.165) is 29.5 Å². The molecule has 1 fully saturated rings. The molecular weight excluding hydrogens is 438 g/mol. The Morgan fingerprint density at radius 1 is 1.12 bits per heavy atom. The number of hydrogen-bond donors (Lipinski definition) is 2. The SMILES string of the molecule is C[C@]1(c2ccc(OCC(N)=O)cc2)NC(=O)N(Cc2cc(=O)oc3cc4c(cc23)CCC4)C1=O. The lowest BCUT2D eigenvalue weighted by Crippen LogP contribution is -2.40. The minimum Gasteiger partial charge on any atom is -0.484 e. The zero-order valence-electron chi connectivity index (χ0n) is 18.6. The molecule has 2 heterocycles. The van der Waals surface area contributed by atoms with E-state index in [0.29, 0.717) is 22.5 Å². The van der Waals surface area contributed by atoms with Crippen molar-refractivity contribution in [2.75, 3.05) is 6.61 Å². The van der Waals surface area contributed by atoms with Crippen molar-refractivity contribution >= 4 is 28.8 Å². The fourth-order valence-electron chi connectivity index (χ4n) is 4.67. The number of urea groups is 1. The third-order valence-electron chi connectivity index (χ3n) is 6.46. The molecular formula is C25H23N3O6. The van der Waals surface area contributed by atoms with Crippen molar-refractivity contribution in [2.45, 2.75) is 38.3 Å². The van der Waals surface area contributed by atoms with Crippen LogP contribution in [0.25, 0.3) is 11.0 Å². The van der Waals surface area contributed by atoms with E-state index in [2.05, 4.69) is 5.32 Å². The van der Waals surface area contributed by atoms with Gasteiger partial charge >= 0.3 is 11.7 Å². The van der Waals surface area contributed by atoms with Crippen molar-refractivity contribution in [2.24, 2.45) is 5.73 Å². The molecule has 1 aliphatic carbocycles. The van der Waals surface area contributed by atoms with Crippen LogP contribution in [0.15, 0.2) is 51.7 Å². The Labute approximate surface area is 194 Å². The smallest absolute Gasteiger partial charge is 0.336 e. The maximum Gasteiger partial charge on any atom is 0.336 e. The summed E-state index contributed by atoms with van der Waals surface area (Å²) >= 11 is 0. The number of aryl methyl sites for hydroxylation is 2. The second-order valence-electron chi connectivity index (χ2n) is 8.79. The van der Waals surface area contributed by atoms with E-state index in [9.17, 15) is 19.2 Å². The molecule has 1 aliphatic heterocycles. The third-order valence-corrected chi connectivity index (χ3v) is 6.46. The summed E-state index contributed by atoms with van der Waals surface area (Å²) in [5.41, 5.74) is 7.20. The van der Waals surface area contributed by atoms with Crippen molar-refractivity contribution in [3.8, 4) is 5.75 Å². The van der Waals surface area contributed by atoms with Crippen LogP contribution in [0.3, 0.4) is 0 Å². The number of hydrogen-bond acceptors (Lipinski definition) is 6. The molecule has 3 N–H and O–H groups in total. The highest BCUT2D eigenvalue weighted by Crippen LogP contribution is 2.33. The Kier molecular flexibility index (Phi) is 5.11. The monoisotopic (exact) mass is 461 g/mol. The summed E-state index contributed by atoms with van der Waals surface area (Å²) in [5, 5.41) is 3.49. The number of rotatable bonds is 6. The van der Waals surface area contributed by atoms with E-state index in [4.69, 9.17) is 14.9 Å². The first-order chi connectivity index (χ1) is 16.2. The number of nitrogens with zero attached hydrogens (tertiary/aromatic N) is 1. The normalized spacial score (nSPS) is 19.4. The van der Waals surface area contributed by atoms with E-state index in [-0.39, 0.29) is 13.2 Å². The van der Waals surface area contributed by atoms with Gasteiger partial charge in [-0.15, -0.1) is 0 Å². The first kappa shape index (κ1) is 21.7. The number of ether oxygens (including phenoxy) is 1. The number of fused-ring (bicyclic) bond motifs is 2. The molecule has 34 heavy (non-hydrogen) atoms. The maximum atomic E-state index is 13.4. The van der Waals surface area contributed by atoms with Crippen LogP contribution in [0.4, 0.5) is 4.79 Å². The standard InChI is InChI=1S/C25H23N3O6/c1-25(17-5-7-18(8-6-17)33-13-21(26)29)23(31)28(24(32)27-25)12-16-11-22(30)34-20-10-15-4-2-3-14(15)9-19(16)20/h5-11H,2-4,12-13H2,1H3,(H2,26,29)(H,27,32)/t25-/m1/s1.